The minimum absolute atomic E-state index is 0.161. The molecule has 0 atom stereocenters. The highest BCUT2D eigenvalue weighted by Crippen LogP contribution is 2.18. The topological polar surface area (TPSA) is 94.3 Å². The maximum Gasteiger partial charge on any atom is 0.261 e. The summed E-state index contributed by atoms with van der Waals surface area (Å²) in [4.78, 5) is 3.99. The van der Waals surface area contributed by atoms with E-state index < -0.39 is 10.0 Å². The van der Waals surface area contributed by atoms with Crippen molar-refractivity contribution in [3.63, 3.8) is 0 Å². The highest BCUT2D eigenvalue weighted by molar-refractivity contribution is 7.92. The van der Waals surface area contributed by atoms with E-state index in [9.17, 15) is 8.42 Å². The first-order valence-electron chi connectivity index (χ1n) is 5.97. The number of nitrogens with zero attached hydrogens (tertiary/aromatic N) is 1. The Kier molecular flexibility index (Phi) is 4.54. The van der Waals surface area contributed by atoms with Gasteiger partial charge in [0.15, 0.2) is 0 Å². The molecule has 2 aromatic rings. The van der Waals surface area contributed by atoms with Crippen LogP contribution in [0.25, 0.3) is 0 Å². The minimum Gasteiger partial charge on any atom is -0.492 e. The van der Waals surface area contributed by atoms with E-state index in [1.54, 1.807) is 24.3 Å². The van der Waals surface area contributed by atoms with Gasteiger partial charge in [0, 0.05) is 18.9 Å². The van der Waals surface area contributed by atoms with Crippen molar-refractivity contribution in [1.29, 1.82) is 0 Å². The lowest BCUT2D eigenvalue weighted by atomic mass is 10.3. The van der Waals surface area contributed by atoms with Crippen LogP contribution in [0.2, 0.25) is 0 Å². The first-order chi connectivity index (χ1) is 9.62. The quantitative estimate of drug-likeness (QED) is 0.835. The summed E-state index contributed by atoms with van der Waals surface area (Å²) in [6, 6.07) is 9.31. The Hall–Kier alpha value is -2.12. The third-order valence-corrected chi connectivity index (χ3v) is 3.85. The number of rotatable bonds is 6. The van der Waals surface area contributed by atoms with Crippen LogP contribution in [0.15, 0.2) is 53.7 Å². The van der Waals surface area contributed by atoms with Crippen molar-refractivity contribution in [2.75, 3.05) is 17.9 Å². The largest absolute Gasteiger partial charge is 0.492 e. The van der Waals surface area contributed by atoms with Crippen LogP contribution in [0, 0.1) is 0 Å². The second-order valence-corrected chi connectivity index (χ2v) is 5.63. The normalized spacial score (nSPS) is 11.1. The first-order valence-corrected chi connectivity index (χ1v) is 7.46. The number of sulfonamides is 1. The number of aromatic nitrogens is 1. The summed E-state index contributed by atoms with van der Waals surface area (Å²) in [5, 5.41) is 0. The number of hydrogen-bond acceptors (Lipinski definition) is 5. The standard InChI is InChI=1S/C13H15N3O3S/c14-7-10-19-12-1-3-13(4-2-12)20(17,18)16-11-5-8-15-9-6-11/h1-6,8-9H,7,10,14H2,(H,15,16). The molecule has 6 nitrogen and oxygen atoms in total. The van der Waals surface area contributed by atoms with Crippen molar-refractivity contribution in [3.05, 3.63) is 48.8 Å². The van der Waals surface area contributed by atoms with Gasteiger partial charge in [-0.25, -0.2) is 8.42 Å². The molecule has 0 fully saturated rings. The molecule has 0 amide bonds. The summed E-state index contributed by atoms with van der Waals surface area (Å²) in [5.74, 6) is 0.582. The molecule has 106 valence electrons. The van der Waals surface area contributed by atoms with Crippen LogP contribution >= 0.6 is 0 Å². The lowest BCUT2D eigenvalue weighted by Crippen LogP contribution is -2.13. The van der Waals surface area contributed by atoms with Gasteiger partial charge in [-0.2, -0.15) is 0 Å². The summed E-state index contributed by atoms with van der Waals surface area (Å²) in [6.45, 7) is 0.797. The molecule has 0 aliphatic carbocycles. The number of ether oxygens (including phenoxy) is 1. The molecule has 2 rings (SSSR count). The SMILES string of the molecule is NCCOc1ccc(S(=O)(=O)Nc2ccncc2)cc1. The molecule has 7 heteroatoms. The van der Waals surface area contributed by atoms with Crippen molar-refractivity contribution >= 4 is 15.7 Å². The van der Waals surface area contributed by atoms with Gasteiger partial charge in [-0.05, 0) is 36.4 Å². The molecule has 20 heavy (non-hydrogen) atoms. The van der Waals surface area contributed by atoms with Crippen molar-refractivity contribution in [1.82, 2.24) is 4.98 Å². The van der Waals surface area contributed by atoms with E-state index in [2.05, 4.69) is 9.71 Å². The molecule has 3 N–H and O–H groups in total. The smallest absolute Gasteiger partial charge is 0.261 e. The van der Waals surface area contributed by atoms with E-state index in [1.807, 2.05) is 0 Å². The fraction of sp³-hybridized carbons (Fsp3) is 0.154. The molecular weight excluding hydrogens is 278 g/mol. The van der Waals surface area contributed by atoms with Crippen LogP contribution < -0.4 is 15.2 Å². The summed E-state index contributed by atoms with van der Waals surface area (Å²) in [6.07, 6.45) is 3.03. The molecule has 0 bridgehead atoms. The van der Waals surface area contributed by atoms with Crippen LogP contribution in [-0.2, 0) is 10.0 Å². The van der Waals surface area contributed by atoms with Crippen LogP contribution in [0.3, 0.4) is 0 Å². The molecule has 0 radical (unpaired) electrons. The van der Waals surface area contributed by atoms with Gasteiger partial charge >= 0.3 is 0 Å². The Labute approximate surface area is 117 Å². The Morgan fingerprint density at radius 1 is 1.10 bits per heavy atom. The van der Waals surface area contributed by atoms with Gasteiger partial charge in [0.05, 0.1) is 10.6 Å². The number of pyridine rings is 1. The third kappa shape index (κ3) is 3.69. The van der Waals surface area contributed by atoms with Crippen molar-refractivity contribution in [2.45, 2.75) is 4.90 Å². The van der Waals surface area contributed by atoms with Crippen molar-refractivity contribution < 1.29 is 13.2 Å². The number of nitrogens with two attached hydrogens (primary N) is 1. The fourth-order valence-corrected chi connectivity index (χ4v) is 2.58. The van der Waals surface area contributed by atoms with E-state index in [0.717, 1.165) is 0 Å². The molecule has 1 heterocycles. The Morgan fingerprint density at radius 3 is 2.35 bits per heavy atom. The first kappa shape index (κ1) is 14.3. The average molecular weight is 293 g/mol. The van der Waals surface area contributed by atoms with E-state index in [1.165, 1.54) is 24.5 Å². The highest BCUT2D eigenvalue weighted by Gasteiger charge is 2.13. The molecule has 0 unspecified atom stereocenters. The molecular formula is C13H15N3O3S. The zero-order valence-electron chi connectivity index (χ0n) is 10.7. The third-order valence-electron chi connectivity index (χ3n) is 2.45. The van der Waals surface area contributed by atoms with Gasteiger partial charge in [0.25, 0.3) is 10.0 Å². The van der Waals surface area contributed by atoms with Gasteiger partial charge in [-0.3, -0.25) is 9.71 Å². The van der Waals surface area contributed by atoms with Crippen LogP contribution in [-0.4, -0.2) is 26.6 Å². The summed E-state index contributed by atoms with van der Waals surface area (Å²) < 4.78 is 32.0. The number of hydrogen-bond donors (Lipinski definition) is 2. The van der Waals surface area contributed by atoms with E-state index in [-0.39, 0.29) is 4.90 Å². The lowest BCUT2D eigenvalue weighted by Gasteiger charge is -2.09. The van der Waals surface area contributed by atoms with E-state index >= 15 is 0 Å². The number of anilines is 1. The van der Waals surface area contributed by atoms with E-state index in [0.29, 0.717) is 24.6 Å². The van der Waals surface area contributed by atoms with Gasteiger partial charge in [-0.15, -0.1) is 0 Å². The van der Waals surface area contributed by atoms with Crippen LogP contribution in [0.1, 0.15) is 0 Å². The molecule has 1 aromatic heterocycles. The molecule has 0 aliphatic heterocycles. The van der Waals surface area contributed by atoms with Crippen LogP contribution in [0.4, 0.5) is 5.69 Å². The maximum atomic E-state index is 12.1. The minimum atomic E-state index is -3.61. The summed E-state index contributed by atoms with van der Waals surface area (Å²) in [7, 11) is -3.61. The van der Waals surface area contributed by atoms with E-state index in [4.69, 9.17) is 10.5 Å². The number of nitrogens with one attached hydrogen (secondary N) is 1. The second-order valence-electron chi connectivity index (χ2n) is 3.95. The zero-order valence-corrected chi connectivity index (χ0v) is 11.5. The Bertz CT molecular complexity index is 642. The highest BCUT2D eigenvalue weighted by atomic mass is 32.2. The average Bonchev–Trinajstić information content (AvgIpc) is 2.46. The maximum absolute atomic E-state index is 12.1. The zero-order chi connectivity index (χ0) is 14.4. The molecule has 0 aliphatic rings. The van der Waals surface area contributed by atoms with Crippen LogP contribution in [0.5, 0.6) is 5.75 Å². The van der Waals surface area contributed by atoms with Gasteiger partial charge in [-0.1, -0.05) is 0 Å². The molecule has 0 saturated heterocycles. The molecule has 0 saturated carbocycles. The predicted octanol–water partition coefficient (Wildman–Crippen LogP) is 1.22. The monoisotopic (exact) mass is 293 g/mol. The molecule has 0 spiro atoms. The van der Waals surface area contributed by atoms with Gasteiger partial charge in [0.1, 0.15) is 12.4 Å². The van der Waals surface area contributed by atoms with Gasteiger partial charge in [0.2, 0.25) is 0 Å². The summed E-state index contributed by atoms with van der Waals surface area (Å²) >= 11 is 0. The number of benzene rings is 1. The Balaban J connectivity index is 2.13. The molecule has 1 aromatic carbocycles. The fourth-order valence-electron chi connectivity index (χ4n) is 1.53. The predicted molar refractivity (Wildman–Crippen MR) is 76.0 cm³/mol. The lowest BCUT2D eigenvalue weighted by molar-refractivity contribution is 0.328. The van der Waals surface area contributed by atoms with Crippen molar-refractivity contribution in [3.8, 4) is 5.75 Å². The Morgan fingerprint density at radius 2 is 1.75 bits per heavy atom. The van der Waals surface area contributed by atoms with Crippen molar-refractivity contribution in [2.24, 2.45) is 5.73 Å². The summed E-state index contributed by atoms with van der Waals surface area (Å²) in [5.41, 5.74) is 5.79. The second kappa shape index (κ2) is 6.36. The van der Waals surface area contributed by atoms with Gasteiger partial charge < -0.3 is 10.5 Å².